The summed E-state index contributed by atoms with van der Waals surface area (Å²) in [5.41, 5.74) is 0.0874. The molecule has 3 nitrogen and oxygen atoms in total. The minimum Gasteiger partial charge on any atom is -0.255 e. The van der Waals surface area contributed by atoms with Gasteiger partial charge < -0.3 is 0 Å². The van der Waals surface area contributed by atoms with Crippen LogP contribution in [0, 0.1) is 0 Å². The highest BCUT2D eigenvalue weighted by atomic mass is 35.5. The molecule has 0 spiro atoms. The van der Waals surface area contributed by atoms with Gasteiger partial charge in [-0.25, -0.2) is 0 Å². The molecular formula is C9H5ClFNO2S. The molecule has 1 aromatic heterocycles. The summed E-state index contributed by atoms with van der Waals surface area (Å²) in [5.74, 6) is 0. The summed E-state index contributed by atoms with van der Waals surface area (Å²) >= 11 is 5.67. The first-order chi connectivity index (χ1) is 6.98. The van der Waals surface area contributed by atoms with Gasteiger partial charge in [-0.1, -0.05) is 17.7 Å². The SMILES string of the molecule is O=S(=O)(F)c1cc(Cl)cc2cccnc12. The van der Waals surface area contributed by atoms with Crippen molar-refractivity contribution in [2.45, 2.75) is 4.90 Å². The fourth-order valence-corrected chi connectivity index (χ4v) is 2.27. The van der Waals surface area contributed by atoms with Crippen LogP contribution in [0.5, 0.6) is 0 Å². The Bertz CT molecular complexity index is 627. The monoisotopic (exact) mass is 245 g/mol. The van der Waals surface area contributed by atoms with Crippen LogP contribution in [0.3, 0.4) is 0 Å². The average Bonchev–Trinajstić information content (AvgIpc) is 2.15. The Morgan fingerprint density at radius 1 is 1.33 bits per heavy atom. The number of aromatic nitrogens is 1. The minimum atomic E-state index is -4.80. The van der Waals surface area contributed by atoms with Crippen LogP contribution in [0.1, 0.15) is 0 Å². The Kier molecular flexibility index (Phi) is 2.36. The van der Waals surface area contributed by atoms with E-state index in [0.717, 1.165) is 6.07 Å². The van der Waals surface area contributed by atoms with Crippen molar-refractivity contribution < 1.29 is 12.3 Å². The fraction of sp³-hybridized carbons (Fsp3) is 0. The third-order valence-corrected chi connectivity index (χ3v) is 2.95. The maximum atomic E-state index is 12.9. The van der Waals surface area contributed by atoms with Crippen molar-refractivity contribution in [3.8, 4) is 0 Å². The zero-order valence-corrected chi connectivity index (χ0v) is 8.89. The first kappa shape index (κ1) is 10.3. The highest BCUT2D eigenvalue weighted by Gasteiger charge is 2.17. The van der Waals surface area contributed by atoms with E-state index in [4.69, 9.17) is 11.6 Å². The lowest BCUT2D eigenvalue weighted by Gasteiger charge is -2.02. The van der Waals surface area contributed by atoms with E-state index in [1.54, 1.807) is 12.1 Å². The van der Waals surface area contributed by atoms with E-state index >= 15 is 0 Å². The highest BCUT2D eigenvalue weighted by Crippen LogP contribution is 2.26. The molecule has 0 aliphatic rings. The first-order valence-electron chi connectivity index (χ1n) is 3.97. The van der Waals surface area contributed by atoms with Crippen molar-refractivity contribution in [1.29, 1.82) is 0 Å². The van der Waals surface area contributed by atoms with Crippen LogP contribution >= 0.6 is 11.6 Å². The quantitative estimate of drug-likeness (QED) is 0.726. The number of pyridine rings is 1. The van der Waals surface area contributed by atoms with Crippen molar-refractivity contribution >= 4 is 32.7 Å². The molecule has 1 aromatic carbocycles. The molecule has 0 saturated carbocycles. The second-order valence-corrected chi connectivity index (χ2v) is 4.67. The summed E-state index contributed by atoms with van der Waals surface area (Å²) in [6, 6.07) is 5.81. The van der Waals surface area contributed by atoms with Gasteiger partial charge >= 0.3 is 10.2 Å². The third-order valence-electron chi connectivity index (χ3n) is 1.90. The first-order valence-corrected chi connectivity index (χ1v) is 5.73. The topological polar surface area (TPSA) is 47.0 Å². The van der Waals surface area contributed by atoms with Crippen LogP contribution < -0.4 is 0 Å². The van der Waals surface area contributed by atoms with Gasteiger partial charge in [0.1, 0.15) is 4.90 Å². The molecule has 0 atom stereocenters. The summed E-state index contributed by atoms with van der Waals surface area (Å²) in [5, 5.41) is 0.646. The van der Waals surface area contributed by atoms with E-state index in [1.165, 1.54) is 12.3 Å². The lowest BCUT2D eigenvalue weighted by Crippen LogP contribution is -1.95. The van der Waals surface area contributed by atoms with Gasteiger partial charge in [-0.3, -0.25) is 4.98 Å². The van der Waals surface area contributed by atoms with Crippen LogP contribution in [0.2, 0.25) is 5.02 Å². The fourth-order valence-electron chi connectivity index (χ4n) is 1.31. The van der Waals surface area contributed by atoms with Crippen molar-refractivity contribution in [1.82, 2.24) is 4.98 Å². The number of fused-ring (bicyclic) bond motifs is 1. The predicted molar refractivity (Wildman–Crippen MR) is 55.0 cm³/mol. The molecule has 6 heteroatoms. The van der Waals surface area contributed by atoms with Crippen molar-refractivity contribution in [3.63, 3.8) is 0 Å². The number of hydrogen-bond acceptors (Lipinski definition) is 3. The standard InChI is InChI=1S/C9H5ClFNO2S/c10-7-4-6-2-1-3-12-9(6)8(5-7)15(11,13)14/h1-5H. The summed E-state index contributed by atoms with van der Waals surface area (Å²) in [6.07, 6.45) is 1.39. The third kappa shape index (κ3) is 1.93. The molecule has 1 heterocycles. The summed E-state index contributed by atoms with van der Waals surface area (Å²) in [4.78, 5) is 3.32. The molecule has 0 saturated heterocycles. The van der Waals surface area contributed by atoms with Gasteiger partial charge in [-0.15, -0.1) is 3.89 Å². The highest BCUT2D eigenvalue weighted by molar-refractivity contribution is 7.86. The predicted octanol–water partition coefficient (Wildman–Crippen LogP) is 2.55. The zero-order chi connectivity index (χ0) is 11.1. The van der Waals surface area contributed by atoms with Crippen molar-refractivity contribution in [2.75, 3.05) is 0 Å². The second kappa shape index (κ2) is 3.43. The maximum Gasteiger partial charge on any atom is 0.334 e. The average molecular weight is 246 g/mol. The molecule has 0 fully saturated rings. The van der Waals surface area contributed by atoms with E-state index in [0.29, 0.717) is 5.39 Å². The molecular weight excluding hydrogens is 241 g/mol. The van der Waals surface area contributed by atoms with Gasteiger partial charge in [0.15, 0.2) is 0 Å². The smallest absolute Gasteiger partial charge is 0.255 e. The molecule has 2 rings (SSSR count). The molecule has 78 valence electrons. The maximum absolute atomic E-state index is 12.9. The Hall–Kier alpha value is -1.20. The Morgan fingerprint density at radius 2 is 2.07 bits per heavy atom. The molecule has 0 radical (unpaired) electrons. The van der Waals surface area contributed by atoms with E-state index < -0.39 is 15.1 Å². The molecule has 0 aliphatic heterocycles. The van der Waals surface area contributed by atoms with Crippen LogP contribution in [0.25, 0.3) is 10.9 Å². The number of nitrogens with zero attached hydrogens (tertiary/aromatic N) is 1. The van der Waals surface area contributed by atoms with Gasteiger partial charge in [0.25, 0.3) is 0 Å². The number of benzene rings is 1. The van der Waals surface area contributed by atoms with Gasteiger partial charge in [0.05, 0.1) is 5.52 Å². The molecule has 0 amide bonds. The Balaban J connectivity index is 2.96. The van der Waals surface area contributed by atoms with Gasteiger partial charge in [0.2, 0.25) is 0 Å². The molecule has 0 aliphatic carbocycles. The van der Waals surface area contributed by atoms with Crippen molar-refractivity contribution in [3.05, 3.63) is 35.5 Å². The molecule has 0 unspecified atom stereocenters. The van der Waals surface area contributed by atoms with Gasteiger partial charge in [-0.2, -0.15) is 8.42 Å². The number of hydrogen-bond donors (Lipinski definition) is 0. The van der Waals surface area contributed by atoms with Gasteiger partial charge in [0, 0.05) is 16.6 Å². The summed E-state index contributed by atoms with van der Waals surface area (Å²) < 4.78 is 34.6. The number of halogens is 2. The normalized spacial score (nSPS) is 11.9. The van der Waals surface area contributed by atoms with E-state index in [-0.39, 0.29) is 10.5 Å². The van der Waals surface area contributed by atoms with Gasteiger partial charge in [-0.05, 0) is 18.2 Å². The van der Waals surface area contributed by atoms with E-state index in [2.05, 4.69) is 4.98 Å². The van der Waals surface area contributed by atoms with Crippen LogP contribution in [-0.2, 0) is 10.2 Å². The molecule has 0 N–H and O–H groups in total. The minimum absolute atomic E-state index is 0.0874. The largest absolute Gasteiger partial charge is 0.334 e. The van der Waals surface area contributed by atoms with Crippen molar-refractivity contribution in [2.24, 2.45) is 0 Å². The Morgan fingerprint density at radius 3 is 2.73 bits per heavy atom. The lowest BCUT2D eigenvalue weighted by atomic mass is 10.2. The summed E-state index contributed by atoms with van der Waals surface area (Å²) in [6.45, 7) is 0. The lowest BCUT2D eigenvalue weighted by molar-refractivity contribution is 0.553. The van der Waals surface area contributed by atoms with Crippen LogP contribution in [-0.4, -0.2) is 13.4 Å². The van der Waals surface area contributed by atoms with E-state index in [9.17, 15) is 12.3 Å². The van der Waals surface area contributed by atoms with Crippen LogP contribution in [0.4, 0.5) is 3.89 Å². The van der Waals surface area contributed by atoms with E-state index in [1.807, 2.05) is 0 Å². The second-order valence-electron chi connectivity index (χ2n) is 2.92. The van der Waals surface area contributed by atoms with Crippen LogP contribution in [0.15, 0.2) is 35.4 Å². The zero-order valence-electron chi connectivity index (χ0n) is 7.31. The summed E-state index contributed by atoms with van der Waals surface area (Å²) in [7, 11) is -4.80. The molecule has 15 heavy (non-hydrogen) atoms. The number of rotatable bonds is 1. The molecule has 0 bridgehead atoms. The molecule has 2 aromatic rings. The Labute approximate surface area is 90.7 Å².